The summed E-state index contributed by atoms with van der Waals surface area (Å²) in [6, 6.07) is 14.8. The van der Waals surface area contributed by atoms with Gasteiger partial charge >= 0.3 is 0 Å². The van der Waals surface area contributed by atoms with Gasteiger partial charge in [0.05, 0.1) is 0 Å². The van der Waals surface area contributed by atoms with Crippen molar-refractivity contribution in [3.63, 3.8) is 0 Å². The van der Waals surface area contributed by atoms with Crippen molar-refractivity contribution in [2.75, 3.05) is 5.32 Å². The molecule has 4 heteroatoms. The van der Waals surface area contributed by atoms with E-state index < -0.39 is 0 Å². The normalized spacial score (nSPS) is 14.8. The first-order valence-electron chi connectivity index (χ1n) is 8.91. The molecule has 2 N–H and O–H groups in total. The van der Waals surface area contributed by atoms with Gasteiger partial charge in [0.15, 0.2) is 0 Å². The fourth-order valence-corrected chi connectivity index (χ4v) is 3.22. The van der Waals surface area contributed by atoms with Gasteiger partial charge in [-0.15, -0.1) is 0 Å². The Kier molecular flexibility index (Phi) is 5.49. The molecule has 1 saturated carbocycles. The van der Waals surface area contributed by atoms with Crippen molar-refractivity contribution in [1.29, 1.82) is 0 Å². The van der Waals surface area contributed by atoms with Crippen LogP contribution in [0.15, 0.2) is 48.5 Å². The molecule has 25 heavy (non-hydrogen) atoms. The quantitative estimate of drug-likeness (QED) is 0.874. The van der Waals surface area contributed by atoms with E-state index in [1.807, 2.05) is 31.2 Å². The van der Waals surface area contributed by atoms with Gasteiger partial charge in [0.1, 0.15) is 0 Å². The van der Waals surface area contributed by atoms with Gasteiger partial charge in [-0.05, 0) is 49.6 Å². The highest BCUT2D eigenvalue weighted by molar-refractivity contribution is 6.06. The monoisotopic (exact) mass is 336 g/mol. The van der Waals surface area contributed by atoms with Gasteiger partial charge in [-0.2, -0.15) is 0 Å². The van der Waals surface area contributed by atoms with Crippen molar-refractivity contribution < 1.29 is 9.59 Å². The van der Waals surface area contributed by atoms with Crippen LogP contribution < -0.4 is 10.6 Å². The van der Waals surface area contributed by atoms with E-state index in [1.165, 1.54) is 19.3 Å². The lowest BCUT2D eigenvalue weighted by atomic mass is 9.95. The minimum atomic E-state index is -0.207. The molecule has 1 fully saturated rings. The van der Waals surface area contributed by atoms with Crippen molar-refractivity contribution in [3.8, 4) is 0 Å². The lowest BCUT2D eigenvalue weighted by Crippen LogP contribution is -2.36. The van der Waals surface area contributed by atoms with Gasteiger partial charge in [0.2, 0.25) is 0 Å². The number of para-hydroxylation sites is 1. The summed E-state index contributed by atoms with van der Waals surface area (Å²) in [4.78, 5) is 24.9. The van der Waals surface area contributed by atoms with E-state index in [0.717, 1.165) is 24.1 Å². The molecule has 3 rings (SSSR count). The van der Waals surface area contributed by atoms with E-state index in [9.17, 15) is 9.59 Å². The van der Waals surface area contributed by atoms with Crippen molar-refractivity contribution in [1.82, 2.24) is 5.32 Å². The smallest absolute Gasteiger partial charge is 0.255 e. The first-order chi connectivity index (χ1) is 12.1. The van der Waals surface area contributed by atoms with Gasteiger partial charge in [-0.1, -0.05) is 43.5 Å². The van der Waals surface area contributed by atoms with E-state index in [4.69, 9.17) is 0 Å². The van der Waals surface area contributed by atoms with E-state index in [0.29, 0.717) is 11.1 Å². The van der Waals surface area contributed by atoms with Crippen molar-refractivity contribution >= 4 is 17.5 Å². The molecule has 0 aromatic heterocycles. The molecule has 0 atom stereocenters. The number of hydrogen-bond acceptors (Lipinski definition) is 2. The van der Waals surface area contributed by atoms with E-state index in [1.54, 1.807) is 24.3 Å². The van der Waals surface area contributed by atoms with Gasteiger partial charge in [-0.25, -0.2) is 0 Å². The Morgan fingerprint density at radius 2 is 1.56 bits per heavy atom. The summed E-state index contributed by atoms with van der Waals surface area (Å²) in [6.07, 6.45) is 5.67. The Bertz CT molecular complexity index is 764. The summed E-state index contributed by atoms with van der Waals surface area (Å²) in [6.45, 7) is 1.95. The molecular weight excluding hydrogens is 312 g/mol. The van der Waals surface area contributed by atoms with Crippen LogP contribution in [0.25, 0.3) is 0 Å². The average Bonchev–Trinajstić information content (AvgIpc) is 2.64. The van der Waals surface area contributed by atoms with Crippen LogP contribution in [0.4, 0.5) is 5.69 Å². The number of rotatable bonds is 4. The van der Waals surface area contributed by atoms with Gasteiger partial charge in [0.25, 0.3) is 11.8 Å². The van der Waals surface area contributed by atoms with Crippen LogP contribution >= 0.6 is 0 Å². The maximum atomic E-state index is 12.5. The van der Waals surface area contributed by atoms with Crippen molar-refractivity contribution in [2.45, 2.75) is 45.1 Å². The summed E-state index contributed by atoms with van der Waals surface area (Å²) in [5.74, 6) is -0.306. The predicted octanol–water partition coefficient (Wildman–Crippen LogP) is 4.31. The first-order valence-corrected chi connectivity index (χ1v) is 8.91. The lowest BCUT2D eigenvalue weighted by Gasteiger charge is -2.22. The number of aryl methyl sites for hydroxylation is 1. The van der Waals surface area contributed by atoms with Crippen LogP contribution in [0.3, 0.4) is 0 Å². The zero-order chi connectivity index (χ0) is 17.6. The number of carbonyl (C=O) groups excluding carboxylic acids is 2. The highest BCUT2D eigenvalue weighted by Gasteiger charge is 2.17. The second kappa shape index (κ2) is 7.97. The highest BCUT2D eigenvalue weighted by atomic mass is 16.2. The fourth-order valence-electron chi connectivity index (χ4n) is 3.22. The second-order valence-electron chi connectivity index (χ2n) is 6.66. The van der Waals surface area contributed by atoms with Crippen LogP contribution in [0, 0.1) is 6.92 Å². The minimum absolute atomic E-state index is 0.0996. The Balaban J connectivity index is 1.69. The lowest BCUT2D eigenvalue weighted by molar-refractivity contribution is 0.0927. The molecule has 2 amide bonds. The van der Waals surface area contributed by atoms with Crippen LogP contribution in [0.1, 0.15) is 58.4 Å². The molecule has 130 valence electrons. The molecular formula is C21H24N2O2. The van der Waals surface area contributed by atoms with Crippen LogP contribution in [0.2, 0.25) is 0 Å². The van der Waals surface area contributed by atoms with Crippen LogP contribution in [-0.2, 0) is 0 Å². The zero-order valence-electron chi connectivity index (χ0n) is 14.5. The molecule has 4 nitrogen and oxygen atoms in total. The van der Waals surface area contributed by atoms with E-state index >= 15 is 0 Å². The predicted molar refractivity (Wildman–Crippen MR) is 99.9 cm³/mol. The molecule has 0 aliphatic heterocycles. The first kappa shape index (κ1) is 17.2. The Morgan fingerprint density at radius 3 is 2.28 bits per heavy atom. The summed E-state index contributed by atoms with van der Waals surface area (Å²) in [7, 11) is 0. The fraction of sp³-hybridized carbons (Fsp3) is 0.333. The van der Waals surface area contributed by atoms with E-state index in [2.05, 4.69) is 10.6 Å². The Labute approximate surface area is 148 Å². The average molecular weight is 336 g/mol. The van der Waals surface area contributed by atoms with Crippen LogP contribution in [0.5, 0.6) is 0 Å². The SMILES string of the molecule is Cc1ccccc1NC(=O)c1cccc(C(=O)NC2CCCCC2)c1. The molecule has 1 aliphatic rings. The number of benzene rings is 2. The highest BCUT2D eigenvalue weighted by Crippen LogP contribution is 2.18. The topological polar surface area (TPSA) is 58.2 Å². The maximum Gasteiger partial charge on any atom is 0.255 e. The molecule has 2 aromatic carbocycles. The largest absolute Gasteiger partial charge is 0.349 e. The summed E-state index contributed by atoms with van der Waals surface area (Å²) < 4.78 is 0. The summed E-state index contributed by atoms with van der Waals surface area (Å²) in [5, 5.41) is 5.99. The molecule has 0 radical (unpaired) electrons. The third-order valence-electron chi connectivity index (χ3n) is 4.72. The molecule has 0 heterocycles. The maximum absolute atomic E-state index is 12.5. The minimum Gasteiger partial charge on any atom is -0.349 e. The third-order valence-corrected chi connectivity index (χ3v) is 4.72. The number of hydrogen-bond donors (Lipinski definition) is 2. The molecule has 2 aromatic rings. The molecule has 0 bridgehead atoms. The standard InChI is InChI=1S/C21H24N2O2/c1-15-8-5-6-13-19(15)23-21(25)17-10-7-9-16(14-17)20(24)22-18-11-3-2-4-12-18/h5-10,13-14,18H,2-4,11-12H2,1H3,(H,22,24)(H,23,25). The Hall–Kier alpha value is -2.62. The number of nitrogens with one attached hydrogen (secondary N) is 2. The van der Waals surface area contributed by atoms with Crippen LogP contribution in [-0.4, -0.2) is 17.9 Å². The number of amides is 2. The molecule has 0 unspecified atom stereocenters. The van der Waals surface area contributed by atoms with Crippen molar-refractivity contribution in [2.24, 2.45) is 0 Å². The van der Waals surface area contributed by atoms with Crippen molar-refractivity contribution in [3.05, 3.63) is 65.2 Å². The zero-order valence-corrected chi connectivity index (χ0v) is 14.5. The number of carbonyl (C=O) groups is 2. The molecule has 0 spiro atoms. The molecule has 0 saturated heterocycles. The van der Waals surface area contributed by atoms with Gasteiger partial charge < -0.3 is 10.6 Å². The summed E-state index contributed by atoms with van der Waals surface area (Å²) >= 11 is 0. The van der Waals surface area contributed by atoms with Gasteiger partial charge in [-0.3, -0.25) is 9.59 Å². The molecule has 1 aliphatic carbocycles. The second-order valence-corrected chi connectivity index (χ2v) is 6.66. The number of anilines is 1. The Morgan fingerprint density at radius 1 is 0.880 bits per heavy atom. The van der Waals surface area contributed by atoms with Gasteiger partial charge in [0, 0.05) is 22.9 Å². The van der Waals surface area contributed by atoms with E-state index in [-0.39, 0.29) is 17.9 Å². The third kappa shape index (κ3) is 4.47. The summed E-state index contributed by atoms with van der Waals surface area (Å²) in [5.41, 5.74) is 2.80.